The maximum Gasteiger partial charge on any atom is 0.219 e. The number of hydrogen-bond donors (Lipinski definition) is 2. The van der Waals surface area contributed by atoms with Crippen molar-refractivity contribution < 1.29 is 19.7 Å². The maximum absolute atomic E-state index is 12.5. The van der Waals surface area contributed by atoms with E-state index in [-0.39, 0.29) is 23.5 Å². The standard InChI is InChI=1S/C34H49NO3.C2H6.CH4O/c1-22(36)35(19-23-8-6-5-7-9-23)20-24-10-11-26-28(38-24)18-27-25-12-13-29-31(2,3)30(37)14-15-34(29)21-33(25,34)17-16-32(26,27)4;2*1-2/h5-9,24-30,37H,10-21H2,1-4H3;1-2H3;2H,1H3/t24?,25?,26?,27?,28?,29?,30-,32?,33-,34?;;/m0../s1. The van der Waals surface area contributed by atoms with E-state index in [0.717, 1.165) is 31.8 Å². The second-order valence-corrected chi connectivity index (χ2v) is 15.3. The molecule has 8 unspecified atom stereocenters. The molecular formula is C37H59NO4. The zero-order valence-electron chi connectivity index (χ0n) is 27.6. The summed E-state index contributed by atoms with van der Waals surface area (Å²) in [6, 6.07) is 10.4. The van der Waals surface area contributed by atoms with Crippen LogP contribution >= 0.6 is 0 Å². The molecular weight excluding hydrogens is 522 g/mol. The largest absolute Gasteiger partial charge is 0.400 e. The number of ether oxygens (including phenoxy) is 1. The highest BCUT2D eigenvalue weighted by molar-refractivity contribution is 5.73. The minimum absolute atomic E-state index is 0.0653. The lowest BCUT2D eigenvalue weighted by Gasteiger charge is -2.59. The highest BCUT2D eigenvalue weighted by Gasteiger charge is 2.80. The monoisotopic (exact) mass is 581 g/mol. The number of hydrogen-bond acceptors (Lipinski definition) is 4. The first-order chi connectivity index (χ1) is 20.1. The SMILES string of the molecule is CC.CC(=O)N(Cc1ccccc1)CC1CCC2C(CC3C4CCC5C(C)(C)[C@@H](O)CCC56C[C@@]46CCC23C)O1.CO. The lowest BCUT2D eigenvalue weighted by atomic mass is 9.46. The van der Waals surface area contributed by atoms with Gasteiger partial charge in [-0.15, -0.1) is 0 Å². The van der Waals surface area contributed by atoms with Crippen molar-refractivity contribution in [1.29, 1.82) is 0 Å². The van der Waals surface area contributed by atoms with Gasteiger partial charge in [-0.3, -0.25) is 4.79 Å². The lowest BCUT2D eigenvalue weighted by Crippen LogP contribution is -2.54. The Morgan fingerprint density at radius 2 is 1.60 bits per heavy atom. The van der Waals surface area contributed by atoms with Crippen LogP contribution in [0.4, 0.5) is 0 Å². The van der Waals surface area contributed by atoms with Gasteiger partial charge in [-0.1, -0.05) is 65.0 Å². The molecule has 42 heavy (non-hydrogen) atoms. The van der Waals surface area contributed by atoms with Gasteiger partial charge in [0.15, 0.2) is 0 Å². The Kier molecular flexibility index (Phi) is 9.00. The van der Waals surface area contributed by atoms with Gasteiger partial charge in [-0.2, -0.15) is 0 Å². The quantitative estimate of drug-likeness (QED) is 0.393. The molecule has 1 heterocycles. The van der Waals surface area contributed by atoms with Crippen LogP contribution in [0.3, 0.4) is 0 Å². The molecule has 10 atom stereocenters. The number of aliphatic hydroxyl groups is 2. The van der Waals surface area contributed by atoms with Gasteiger partial charge in [0.2, 0.25) is 5.91 Å². The normalized spacial score (nSPS) is 43.8. The first kappa shape index (κ1) is 32.0. The molecule has 0 aromatic heterocycles. The molecule has 0 bridgehead atoms. The van der Waals surface area contributed by atoms with E-state index in [9.17, 15) is 9.90 Å². The predicted molar refractivity (Wildman–Crippen MR) is 169 cm³/mol. The van der Waals surface area contributed by atoms with Crippen LogP contribution in [0.5, 0.6) is 0 Å². The molecule has 1 saturated heterocycles. The van der Waals surface area contributed by atoms with E-state index in [1.807, 2.05) is 24.8 Å². The van der Waals surface area contributed by atoms with Crippen molar-refractivity contribution in [3.05, 3.63) is 35.9 Å². The van der Waals surface area contributed by atoms with Crippen LogP contribution in [-0.4, -0.2) is 53.0 Å². The third-order valence-electron chi connectivity index (χ3n) is 13.7. The fourth-order valence-electron chi connectivity index (χ4n) is 11.8. The van der Waals surface area contributed by atoms with Crippen molar-refractivity contribution in [1.82, 2.24) is 4.90 Å². The van der Waals surface area contributed by atoms with Gasteiger partial charge in [0, 0.05) is 27.1 Å². The summed E-state index contributed by atoms with van der Waals surface area (Å²) in [5.41, 5.74) is 2.72. The summed E-state index contributed by atoms with van der Waals surface area (Å²) in [4.78, 5) is 14.5. The van der Waals surface area contributed by atoms with Crippen molar-refractivity contribution in [3.8, 4) is 0 Å². The third kappa shape index (κ3) is 4.79. The van der Waals surface area contributed by atoms with E-state index >= 15 is 0 Å². The average molecular weight is 582 g/mol. The number of rotatable bonds is 4. The van der Waals surface area contributed by atoms with E-state index in [1.165, 1.54) is 56.9 Å². The Labute approximate surface area is 255 Å². The second-order valence-electron chi connectivity index (χ2n) is 15.3. The zero-order valence-corrected chi connectivity index (χ0v) is 27.6. The molecule has 1 aromatic carbocycles. The van der Waals surface area contributed by atoms with Crippen LogP contribution in [0, 0.1) is 45.3 Å². The summed E-state index contributed by atoms with van der Waals surface area (Å²) >= 11 is 0. The first-order valence-electron chi connectivity index (χ1n) is 17.2. The van der Waals surface area contributed by atoms with Crippen LogP contribution in [0.1, 0.15) is 111 Å². The van der Waals surface area contributed by atoms with Crippen LogP contribution in [0.15, 0.2) is 30.3 Å². The van der Waals surface area contributed by atoms with E-state index in [2.05, 4.69) is 45.0 Å². The highest BCUT2D eigenvalue weighted by Crippen LogP contribution is 2.87. The molecule has 0 radical (unpaired) electrons. The summed E-state index contributed by atoms with van der Waals surface area (Å²) in [5.74, 6) is 3.16. The molecule has 1 aliphatic heterocycles. The molecule has 236 valence electrons. The lowest BCUT2D eigenvalue weighted by molar-refractivity contribution is -0.140. The van der Waals surface area contributed by atoms with Crippen LogP contribution < -0.4 is 0 Å². The number of nitrogens with zero attached hydrogens (tertiary/aromatic N) is 1. The Bertz CT molecular complexity index is 1090. The molecule has 5 aliphatic carbocycles. The van der Waals surface area contributed by atoms with Crippen LogP contribution in [0.2, 0.25) is 0 Å². The second kappa shape index (κ2) is 11.8. The number of carbonyl (C=O) groups excluding carboxylic acids is 1. The van der Waals surface area contributed by atoms with Crippen LogP contribution in [-0.2, 0) is 16.1 Å². The summed E-state index contributed by atoms with van der Waals surface area (Å²) in [7, 11) is 1.00. The van der Waals surface area contributed by atoms with Gasteiger partial charge in [0.05, 0.1) is 18.3 Å². The summed E-state index contributed by atoms with van der Waals surface area (Å²) in [6.07, 6.45) is 13.1. The molecule has 1 aromatic rings. The van der Waals surface area contributed by atoms with Crippen molar-refractivity contribution >= 4 is 5.91 Å². The fourth-order valence-corrected chi connectivity index (χ4v) is 11.8. The molecule has 5 saturated carbocycles. The highest BCUT2D eigenvalue weighted by atomic mass is 16.5. The van der Waals surface area contributed by atoms with E-state index < -0.39 is 0 Å². The van der Waals surface area contributed by atoms with Gasteiger partial charge in [-0.05, 0) is 115 Å². The average Bonchev–Trinajstić information content (AvgIpc) is 3.58. The molecule has 2 spiro atoms. The van der Waals surface area contributed by atoms with Crippen molar-refractivity contribution in [3.63, 3.8) is 0 Å². The smallest absolute Gasteiger partial charge is 0.219 e. The Balaban J connectivity index is 0.000000847. The van der Waals surface area contributed by atoms with Crippen molar-refractivity contribution in [2.45, 2.75) is 131 Å². The molecule has 5 heteroatoms. The summed E-state index contributed by atoms with van der Waals surface area (Å²) in [5, 5.41) is 17.9. The minimum atomic E-state index is -0.127. The molecule has 5 nitrogen and oxygen atoms in total. The molecule has 2 N–H and O–H groups in total. The van der Waals surface area contributed by atoms with Gasteiger partial charge in [-0.25, -0.2) is 0 Å². The number of amides is 1. The zero-order chi connectivity index (χ0) is 30.5. The predicted octanol–water partition coefficient (Wildman–Crippen LogP) is 7.24. The Morgan fingerprint density at radius 1 is 0.905 bits per heavy atom. The van der Waals surface area contributed by atoms with Gasteiger partial charge in [0.1, 0.15) is 0 Å². The van der Waals surface area contributed by atoms with Crippen molar-refractivity contribution in [2.75, 3.05) is 13.7 Å². The molecule has 1 amide bonds. The molecule has 7 rings (SSSR count). The van der Waals surface area contributed by atoms with Gasteiger partial charge < -0.3 is 19.8 Å². The summed E-state index contributed by atoms with van der Waals surface area (Å²) < 4.78 is 6.94. The van der Waals surface area contributed by atoms with Crippen LogP contribution in [0.25, 0.3) is 0 Å². The number of aliphatic hydroxyl groups excluding tert-OH is 2. The van der Waals surface area contributed by atoms with Gasteiger partial charge in [0.25, 0.3) is 0 Å². The number of fused-ring (bicyclic) bond motifs is 4. The number of benzene rings is 1. The fraction of sp³-hybridized carbons (Fsp3) is 0.811. The molecule has 6 fully saturated rings. The third-order valence-corrected chi connectivity index (χ3v) is 13.7. The topological polar surface area (TPSA) is 70.0 Å². The van der Waals surface area contributed by atoms with E-state index in [1.54, 1.807) is 6.92 Å². The summed E-state index contributed by atoms with van der Waals surface area (Å²) in [6.45, 7) is 14.4. The Morgan fingerprint density at radius 3 is 2.29 bits per heavy atom. The van der Waals surface area contributed by atoms with E-state index in [4.69, 9.17) is 9.84 Å². The Hall–Kier alpha value is -1.43. The number of carbonyl (C=O) groups is 1. The van der Waals surface area contributed by atoms with Crippen molar-refractivity contribution in [2.24, 2.45) is 45.3 Å². The minimum Gasteiger partial charge on any atom is -0.400 e. The molecule has 6 aliphatic rings. The maximum atomic E-state index is 12.5. The van der Waals surface area contributed by atoms with Gasteiger partial charge >= 0.3 is 0 Å². The van der Waals surface area contributed by atoms with E-state index in [0.29, 0.717) is 47.3 Å². The first-order valence-corrected chi connectivity index (χ1v) is 17.2.